The van der Waals surface area contributed by atoms with Crippen molar-refractivity contribution in [3.8, 4) is 17.2 Å². The predicted molar refractivity (Wildman–Crippen MR) is 95.2 cm³/mol. The molecule has 0 amide bonds. The second-order valence-electron chi connectivity index (χ2n) is 5.68. The van der Waals surface area contributed by atoms with Crippen LogP contribution in [0.2, 0.25) is 0 Å². The molecule has 2 aromatic carbocycles. The lowest BCUT2D eigenvalue weighted by Crippen LogP contribution is -2.22. The molecule has 0 saturated carbocycles. The largest absolute Gasteiger partial charge is 0.497 e. The average molecular weight is 359 g/mol. The Morgan fingerprint density at radius 3 is 2.48 bits per heavy atom. The van der Waals surface area contributed by atoms with Gasteiger partial charge in [-0.3, -0.25) is 4.90 Å². The van der Waals surface area contributed by atoms with E-state index in [1.54, 1.807) is 23.9 Å². The lowest BCUT2D eigenvalue weighted by molar-refractivity contribution is 0.240. The second-order valence-corrected chi connectivity index (χ2v) is 6.03. The summed E-state index contributed by atoms with van der Waals surface area (Å²) in [4.78, 5) is 2.34. The molecule has 0 bridgehead atoms. The van der Waals surface area contributed by atoms with E-state index < -0.39 is 0 Å². The van der Waals surface area contributed by atoms with E-state index in [1.807, 2.05) is 31.3 Å². The molecule has 25 heavy (non-hydrogen) atoms. The van der Waals surface area contributed by atoms with Crippen LogP contribution >= 0.6 is 12.2 Å². The molecular weight excluding hydrogens is 341 g/mol. The summed E-state index contributed by atoms with van der Waals surface area (Å²) in [7, 11) is 3.62. The van der Waals surface area contributed by atoms with Crippen molar-refractivity contribution in [2.45, 2.75) is 13.2 Å². The molecule has 0 aliphatic carbocycles. The van der Waals surface area contributed by atoms with Crippen LogP contribution in [0.5, 0.6) is 5.75 Å². The molecule has 5 nitrogen and oxygen atoms in total. The van der Waals surface area contributed by atoms with Crippen molar-refractivity contribution in [3.63, 3.8) is 0 Å². The highest BCUT2D eigenvalue weighted by molar-refractivity contribution is 7.71. The standard InChI is InChI=1S/C18H18FN3O2S/c1-21(11-13-3-9-16(23-2)10-4-13)12-22-18(25)24-17(20-22)14-5-7-15(19)8-6-14/h3-10H,11-12H2,1-2H3. The summed E-state index contributed by atoms with van der Waals surface area (Å²) < 4.78 is 25.3. The highest BCUT2D eigenvalue weighted by atomic mass is 32.1. The first-order valence-electron chi connectivity index (χ1n) is 7.70. The summed E-state index contributed by atoms with van der Waals surface area (Å²) in [5, 5.41) is 4.38. The number of halogens is 1. The fraction of sp³-hybridized carbons (Fsp3) is 0.222. The summed E-state index contributed by atoms with van der Waals surface area (Å²) in [6, 6.07) is 13.8. The summed E-state index contributed by atoms with van der Waals surface area (Å²) in [6.45, 7) is 1.21. The van der Waals surface area contributed by atoms with Gasteiger partial charge in [0.25, 0.3) is 4.84 Å². The molecule has 0 saturated heterocycles. The number of rotatable bonds is 6. The van der Waals surface area contributed by atoms with Gasteiger partial charge in [0.05, 0.1) is 13.8 Å². The SMILES string of the molecule is COc1ccc(CN(C)Cn2nc(-c3ccc(F)cc3)oc2=S)cc1. The topological polar surface area (TPSA) is 43.4 Å². The van der Waals surface area contributed by atoms with Crippen LogP contribution in [0.25, 0.3) is 11.5 Å². The van der Waals surface area contributed by atoms with Crippen LogP contribution in [0.1, 0.15) is 5.56 Å². The molecule has 3 rings (SSSR count). The molecule has 0 fully saturated rings. The number of ether oxygens (including phenoxy) is 1. The van der Waals surface area contributed by atoms with Crippen LogP contribution < -0.4 is 4.74 Å². The number of hydrogen-bond acceptors (Lipinski definition) is 5. The first kappa shape index (κ1) is 17.3. The molecule has 1 aromatic heterocycles. The summed E-state index contributed by atoms with van der Waals surface area (Å²) in [5.41, 5.74) is 1.83. The van der Waals surface area contributed by atoms with Gasteiger partial charge in [-0.25, -0.2) is 9.07 Å². The maximum Gasteiger partial charge on any atom is 0.288 e. The fourth-order valence-corrected chi connectivity index (χ4v) is 2.60. The van der Waals surface area contributed by atoms with E-state index >= 15 is 0 Å². The van der Waals surface area contributed by atoms with E-state index in [0.29, 0.717) is 18.1 Å². The van der Waals surface area contributed by atoms with Gasteiger partial charge in [-0.05, 0) is 61.2 Å². The molecule has 0 unspecified atom stereocenters. The molecule has 0 radical (unpaired) electrons. The Balaban J connectivity index is 1.69. The second kappa shape index (κ2) is 7.58. The first-order chi connectivity index (χ1) is 12.0. The van der Waals surface area contributed by atoms with Crippen LogP contribution in [0.15, 0.2) is 52.9 Å². The van der Waals surface area contributed by atoms with Crippen LogP contribution in [0, 0.1) is 10.7 Å². The minimum Gasteiger partial charge on any atom is -0.497 e. The Morgan fingerprint density at radius 2 is 1.84 bits per heavy atom. The van der Waals surface area contributed by atoms with Crippen molar-refractivity contribution in [1.29, 1.82) is 0 Å². The molecular formula is C18H18FN3O2S. The number of aromatic nitrogens is 2. The molecule has 0 aliphatic rings. The van der Waals surface area contributed by atoms with E-state index in [4.69, 9.17) is 21.4 Å². The van der Waals surface area contributed by atoms with Gasteiger partial charge in [0, 0.05) is 12.1 Å². The summed E-state index contributed by atoms with van der Waals surface area (Å²) in [6.07, 6.45) is 0. The van der Waals surface area contributed by atoms with Gasteiger partial charge in [-0.15, -0.1) is 5.10 Å². The molecule has 3 aromatic rings. The van der Waals surface area contributed by atoms with Crippen LogP contribution in [-0.4, -0.2) is 28.8 Å². The number of methoxy groups -OCH3 is 1. The average Bonchev–Trinajstić information content (AvgIpc) is 2.96. The Bertz CT molecular complexity index is 888. The zero-order chi connectivity index (χ0) is 17.8. The van der Waals surface area contributed by atoms with E-state index in [9.17, 15) is 4.39 Å². The number of benzene rings is 2. The number of hydrogen-bond donors (Lipinski definition) is 0. The van der Waals surface area contributed by atoms with Crippen molar-refractivity contribution in [2.75, 3.05) is 14.2 Å². The third kappa shape index (κ3) is 4.32. The van der Waals surface area contributed by atoms with Crippen molar-refractivity contribution in [3.05, 3.63) is 64.7 Å². The van der Waals surface area contributed by atoms with Gasteiger partial charge in [-0.1, -0.05) is 12.1 Å². The monoisotopic (exact) mass is 359 g/mol. The van der Waals surface area contributed by atoms with Gasteiger partial charge >= 0.3 is 0 Å². The van der Waals surface area contributed by atoms with Gasteiger partial charge < -0.3 is 9.15 Å². The quantitative estimate of drug-likeness (QED) is 0.620. The van der Waals surface area contributed by atoms with Gasteiger partial charge in [0.2, 0.25) is 5.89 Å². The van der Waals surface area contributed by atoms with Gasteiger partial charge in [0.15, 0.2) is 0 Å². The predicted octanol–water partition coefficient (Wildman–Crippen LogP) is 4.11. The third-order valence-electron chi connectivity index (χ3n) is 3.68. The molecule has 0 N–H and O–H groups in total. The van der Waals surface area contributed by atoms with Crippen LogP contribution in [0.3, 0.4) is 0 Å². The fourth-order valence-electron chi connectivity index (χ4n) is 2.43. The first-order valence-corrected chi connectivity index (χ1v) is 8.11. The molecule has 1 heterocycles. The molecule has 130 valence electrons. The third-order valence-corrected chi connectivity index (χ3v) is 3.98. The summed E-state index contributed by atoms with van der Waals surface area (Å²) >= 11 is 5.23. The van der Waals surface area contributed by atoms with Crippen molar-refractivity contribution >= 4 is 12.2 Å². The minimum atomic E-state index is -0.305. The lowest BCUT2D eigenvalue weighted by Gasteiger charge is -2.16. The van der Waals surface area contributed by atoms with Crippen LogP contribution in [0.4, 0.5) is 4.39 Å². The van der Waals surface area contributed by atoms with Crippen molar-refractivity contribution < 1.29 is 13.5 Å². The number of nitrogens with zero attached hydrogens (tertiary/aromatic N) is 3. The smallest absolute Gasteiger partial charge is 0.288 e. The molecule has 0 spiro atoms. The van der Waals surface area contributed by atoms with E-state index in [-0.39, 0.29) is 10.7 Å². The van der Waals surface area contributed by atoms with Gasteiger partial charge in [0.1, 0.15) is 11.6 Å². The Kier molecular flexibility index (Phi) is 5.25. The van der Waals surface area contributed by atoms with E-state index in [0.717, 1.165) is 17.9 Å². The zero-order valence-electron chi connectivity index (χ0n) is 14.0. The normalized spacial score (nSPS) is 11.0. The highest BCUT2D eigenvalue weighted by Gasteiger charge is 2.10. The Hall–Kier alpha value is -2.51. The molecule has 0 atom stereocenters. The maximum atomic E-state index is 13.0. The zero-order valence-corrected chi connectivity index (χ0v) is 14.8. The minimum absolute atomic E-state index is 0.279. The van der Waals surface area contributed by atoms with Gasteiger partial charge in [-0.2, -0.15) is 0 Å². The Morgan fingerprint density at radius 1 is 1.16 bits per heavy atom. The van der Waals surface area contributed by atoms with Crippen molar-refractivity contribution in [2.24, 2.45) is 0 Å². The van der Waals surface area contributed by atoms with Crippen LogP contribution in [-0.2, 0) is 13.2 Å². The summed E-state index contributed by atoms with van der Waals surface area (Å²) in [5.74, 6) is 0.901. The molecule has 0 aliphatic heterocycles. The maximum absolute atomic E-state index is 13.0. The highest BCUT2D eigenvalue weighted by Crippen LogP contribution is 2.18. The van der Waals surface area contributed by atoms with E-state index in [2.05, 4.69) is 10.00 Å². The Labute approximate surface area is 150 Å². The van der Waals surface area contributed by atoms with Crippen molar-refractivity contribution in [1.82, 2.24) is 14.7 Å². The van der Waals surface area contributed by atoms with E-state index in [1.165, 1.54) is 12.1 Å². The lowest BCUT2D eigenvalue weighted by atomic mass is 10.2. The molecule has 7 heteroatoms.